The molecule has 1 heterocycles. The molecule has 2 rings (SSSR count). The maximum atomic E-state index is 12.1. The Morgan fingerprint density at radius 3 is 2.70 bits per heavy atom. The van der Waals surface area contributed by atoms with E-state index in [1.54, 1.807) is 19.1 Å². The minimum absolute atomic E-state index is 0.0266. The van der Waals surface area contributed by atoms with Crippen LogP contribution >= 0.6 is 11.6 Å². The third kappa shape index (κ3) is 4.17. The van der Waals surface area contributed by atoms with Crippen LogP contribution in [0.4, 0.5) is 5.69 Å². The SMILES string of the molecule is C[C@@H](CC(=O)c1ccco1)NC(=O)c1ccc([N+](=O)[O-])cc1Cl. The number of halogens is 1. The number of non-ortho nitro benzene ring substituents is 1. The summed E-state index contributed by atoms with van der Waals surface area (Å²) in [6.07, 6.45) is 1.46. The van der Waals surface area contributed by atoms with Gasteiger partial charge in [0.05, 0.1) is 21.8 Å². The summed E-state index contributed by atoms with van der Waals surface area (Å²) in [6.45, 7) is 1.66. The van der Waals surface area contributed by atoms with Crippen molar-refractivity contribution in [3.63, 3.8) is 0 Å². The molecule has 23 heavy (non-hydrogen) atoms. The Balaban J connectivity index is 2.01. The Morgan fingerprint density at radius 1 is 1.39 bits per heavy atom. The first-order valence-corrected chi connectivity index (χ1v) is 7.07. The lowest BCUT2D eigenvalue weighted by Gasteiger charge is -2.13. The summed E-state index contributed by atoms with van der Waals surface area (Å²) in [6, 6.07) is 6.27. The highest BCUT2D eigenvalue weighted by Gasteiger charge is 2.19. The molecule has 0 saturated carbocycles. The van der Waals surface area contributed by atoms with Crippen LogP contribution in [0.1, 0.15) is 34.3 Å². The summed E-state index contributed by atoms with van der Waals surface area (Å²) in [5, 5.41) is 13.2. The van der Waals surface area contributed by atoms with Crippen LogP contribution < -0.4 is 5.32 Å². The highest BCUT2D eigenvalue weighted by molar-refractivity contribution is 6.34. The molecule has 0 radical (unpaired) electrons. The topological polar surface area (TPSA) is 102 Å². The molecule has 0 saturated heterocycles. The van der Waals surface area contributed by atoms with Crippen molar-refractivity contribution in [1.82, 2.24) is 5.32 Å². The van der Waals surface area contributed by atoms with Gasteiger partial charge in [-0.05, 0) is 25.1 Å². The monoisotopic (exact) mass is 336 g/mol. The molecule has 0 unspecified atom stereocenters. The van der Waals surface area contributed by atoms with Gasteiger partial charge >= 0.3 is 0 Å². The molecule has 1 N–H and O–H groups in total. The Hall–Kier alpha value is -2.67. The van der Waals surface area contributed by atoms with Gasteiger partial charge in [-0.1, -0.05) is 11.6 Å². The predicted octanol–water partition coefficient (Wildman–Crippen LogP) is 3.23. The van der Waals surface area contributed by atoms with Gasteiger partial charge in [0, 0.05) is 24.6 Å². The lowest BCUT2D eigenvalue weighted by molar-refractivity contribution is -0.384. The number of hydrogen-bond donors (Lipinski definition) is 1. The third-order valence-electron chi connectivity index (χ3n) is 3.07. The number of carbonyl (C=O) groups is 2. The van der Waals surface area contributed by atoms with Gasteiger partial charge < -0.3 is 9.73 Å². The molecule has 7 nitrogen and oxygen atoms in total. The van der Waals surface area contributed by atoms with E-state index in [4.69, 9.17) is 16.0 Å². The number of Topliss-reactive ketones (excluding diaryl/α,β-unsaturated/α-hetero) is 1. The molecule has 1 amide bonds. The summed E-state index contributed by atoms with van der Waals surface area (Å²) in [5.41, 5.74) is -0.0952. The highest BCUT2D eigenvalue weighted by atomic mass is 35.5. The quantitative estimate of drug-likeness (QED) is 0.495. The molecule has 0 aliphatic carbocycles. The van der Waals surface area contributed by atoms with Crippen molar-refractivity contribution in [1.29, 1.82) is 0 Å². The van der Waals surface area contributed by atoms with Crippen molar-refractivity contribution in [3.8, 4) is 0 Å². The van der Waals surface area contributed by atoms with Crippen molar-refractivity contribution in [3.05, 3.63) is 63.1 Å². The first kappa shape index (κ1) is 16.7. The fraction of sp³-hybridized carbons (Fsp3) is 0.200. The van der Waals surface area contributed by atoms with E-state index in [0.29, 0.717) is 0 Å². The molecule has 0 aliphatic heterocycles. The zero-order valence-corrected chi connectivity index (χ0v) is 12.9. The maximum Gasteiger partial charge on any atom is 0.270 e. The second-order valence-corrected chi connectivity index (χ2v) is 5.31. The smallest absolute Gasteiger partial charge is 0.270 e. The Labute approximate surface area is 136 Å². The van der Waals surface area contributed by atoms with Crippen LogP contribution in [0.5, 0.6) is 0 Å². The van der Waals surface area contributed by atoms with Crippen LogP contribution in [0, 0.1) is 10.1 Å². The molecular formula is C15H13ClN2O5. The van der Waals surface area contributed by atoms with E-state index in [9.17, 15) is 19.7 Å². The summed E-state index contributed by atoms with van der Waals surface area (Å²) >= 11 is 5.89. The van der Waals surface area contributed by atoms with E-state index in [1.807, 2.05) is 0 Å². The molecule has 2 aromatic rings. The summed E-state index contributed by atoms with van der Waals surface area (Å²) in [7, 11) is 0. The van der Waals surface area contributed by atoms with E-state index in [1.165, 1.54) is 18.4 Å². The number of benzene rings is 1. The summed E-state index contributed by atoms with van der Waals surface area (Å²) < 4.78 is 4.99. The average molecular weight is 337 g/mol. The van der Waals surface area contributed by atoms with E-state index in [-0.39, 0.29) is 34.2 Å². The van der Waals surface area contributed by atoms with Gasteiger partial charge in [0.2, 0.25) is 0 Å². The summed E-state index contributed by atoms with van der Waals surface area (Å²) in [5.74, 6) is -0.526. The fourth-order valence-corrected chi connectivity index (χ4v) is 2.23. The van der Waals surface area contributed by atoms with Crippen molar-refractivity contribution >= 4 is 29.0 Å². The molecule has 120 valence electrons. The highest BCUT2D eigenvalue weighted by Crippen LogP contribution is 2.22. The number of furan rings is 1. The van der Waals surface area contributed by atoms with Crippen LogP contribution in [-0.2, 0) is 0 Å². The van der Waals surface area contributed by atoms with Crippen LogP contribution in [0.3, 0.4) is 0 Å². The van der Waals surface area contributed by atoms with E-state index >= 15 is 0 Å². The van der Waals surface area contributed by atoms with Gasteiger partial charge in [0.25, 0.3) is 11.6 Å². The first-order chi connectivity index (χ1) is 10.9. The second-order valence-electron chi connectivity index (χ2n) is 4.90. The summed E-state index contributed by atoms with van der Waals surface area (Å²) in [4.78, 5) is 34.0. The number of nitro groups is 1. The number of carbonyl (C=O) groups excluding carboxylic acids is 2. The minimum atomic E-state index is -0.599. The average Bonchev–Trinajstić information content (AvgIpc) is 3.00. The number of ketones is 1. The predicted molar refractivity (Wildman–Crippen MR) is 82.7 cm³/mol. The van der Waals surface area contributed by atoms with Gasteiger partial charge in [0.1, 0.15) is 0 Å². The number of nitrogens with zero attached hydrogens (tertiary/aromatic N) is 1. The molecule has 0 spiro atoms. The molecule has 0 bridgehead atoms. The number of amides is 1. The molecule has 8 heteroatoms. The lowest BCUT2D eigenvalue weighted by atomic mass is 10.1. The Morgan fingerprint density at radius 2 is 2.13 bits per heavy atom. The third-order valence-corrected chi connectivity index (χ3v) is 3.39. The van der Waals surface area contributed by atoms with Gasteiger partial charge in [-0.15, -0.1) is 0 Å². The van der Waals surface area contributed by atoms with Gasteiger partial charge in [-0.2, -0.15) is 0 Å². The molecule has 1 atom stereocenters. The molecule has 0 fully saturated rings. The lowest BCUT2D eigenvalue weighted by Crippen LogP contribution is -2.34. The van der Waals surface area contributed by atoms with Crippen molar-refractivity contribution in [2.75, 3.05) is 0 Å². The maximum absolute atomic E-state index is 12.1. The van der Waals surface area contributed by atoms with E-state index in [2.05, 4.69) is 5.32 Å². The molecule has 0 aliphatic rings. The first-order valence-electron chi connectivity index (χ1n) is 6.70. The van der Waals surface area contributed by atoms with Gasteiger partial charge in [0.15, 0.2) is 11.5 Å². The van der Waals surface area contributed by atoms with Crippen LogP contribution in [-0.4, -0.2) is 22.7 Å². The largest absolute Gasteiger partial charge is 0.461 e. The van der Waals surface area contributed by atoms with Crippen LogP contribution in [0.25, 0.3) is 0 Å². The van der Waals surface area contributed by atoms with Crippen molar-refractivity contribution in [2.24, 2.45) is 0 Å². The van der Waals surface area contributed by atoms with Crippen molar-refractivity contribution in [2.45, 2.75) is 19.4 Å². The van der Waals surface area contributed by atoms with E-state index in [0.717, 1.165) is 6.07 Å². The normalized spacial score (nSPS) is 11.7. The van der Waals surface area contributed by atoms with Gasteiger partial charge in [-0.3, -0.25) is 19.7 Å². The minimum Gasteiger partial charge on any atom is -0.461 e. The second kappa shape index (κ2) is 7.06. The number of nitrogens with one attached hydrogen (secondary N) is 1. The number of rotatable bonds is 6. The van der Waals surface area contributed by atoms with Gasteiger partial charge in [-0.25, -0.2) is 0 Å². The Kier molecular flexibility index (Phi) is 5.13. The van der Waals surface area contributed by atoms with Crippen LogP contribution in [0.2, 0.25) is 5.02 Å². The standard InChI is InChI=1S/C15H13ClN2O5/c1-9(7-13(19)14-3-2-6-23-14)17-15(20)11-5-4-10(18(21)22)8-12(11)16/h2-6,8-9H,7H2,1H3,(H,17,20)/t9-/m0/s1. The zero-order chi connectivity index (χ0) is 17.0. The Bertz CT molecular complexity index is 742. The van der Waals surface area contributed by atoms with E-state index < -0.39 is 16.9 Å². The number of nitro benzene ring substituents is 1. The molecular weight excluding hydrogens is 324 g/mol. The molecule has 1 aromatic heterocycles. The fourth-order valence-electron chi connectivity index (χ4n) is 1.97. The van der Waals surface area contributed by atoms with Crippen molar-refractivity contribution < 1.29 is 18.9 Å². The number of hydrogen-bond acceptors (Lipinski definition) is 5. The molecule has 1 aromatic carbocycles. The zero-order valence-electron chi connectivity index (χ0n) is 12.1. The van der Waals surface area contributed by atoms with Crippen LogP contribution in [0.15, 0.2) is 41.0 Å².